The summed E-state index contributed by atoms with van der Waals surface area (Å²) in [5, 5.41) is 2.71. The van der Waals surface area contributed by atoms with E-state index in [1.165, 1.54) is 6.07 Å². The van der Waals surface area contributed by atoms with E-state index in [1.807, 2.05) is 23.6 Å². The molecule has 1 aromatic heterocycles. The van der Waals surface area contributed by atoms with Crippen molar-refractivity contribution < 1.29 is 4.39 Å². The third kappa shape index (κ3) is 2.37. The van der Waals surface area contributed by atoms with Crippen LogP contribution in [0.25, 0.3) is 10.1 Å². The van der Waals surface area contributed by atoms with E-state index >= 15 is 0 Å². The normalized spacial score (nSPS) is 12.8. The molecule has 102 valence electrons. The average Bonchev–Trinajstić information content (AvgIpc) is 2.83. The molecule has 0 amide bonds. The Labute approximate surface area is 138 Å². The summed E-state index contributed by atoms with van der Waals surface area (Å²) in [5.74, 6) is -0.383. The molecule has 3 aromatic rings. The fourth-order valence-electron chi connectivity index (χ4n) is 2.15. The zero-order chi connectivity index (χ0) is 14.3. The Morgan fingerprint density at radius 1 is 1.15 bits per heavy atom. The molecule has 0 bridgehead atoms. The van der Waals surface area contributed by atoms with Gasteiger partial charge in [0, 0.05) is 19.8 Å². The molecular weight excluding hydrogens is 382 g/mol. The Morgan fingerprint density at radius 3 is 2.65 bits per heavy atom. The Hall–Kier alpha value is -0.610. The standard InChI is InChI=1S/C15H8BrCl2FS/c16-10-4-1-3-8-9(7-20-15(8)10)14(18)13-11(17)5-2-6-12(13)19/h1-7,14H. The van der Waals surface area contributed by atoms with Gasteiger partial charge in [-0.2, -0.15) is 0 Å². The Kier molecular flexibility index (Phi) is 4.04. The summed E-state index contributed by atoms with van der Waals surface area (Å²) in [5.41, 5.74) is 1.20. The molecule has 3 rings (SSSR count). The fourth-order valence-corrected chi connectivity index (χ4v) is 4.60. The summed E-state index contributed by atoms with van der Waals surface area (Å²) in [6.07, 6.45) is 0. The van der Waals surface area contributed by atoms with Crippen LogP contribution >= 0.6 is 50.5 Å². The number of halogens is 4. The first-order chi connectivity index (χ1) is 9.59. The van der Waals surface area contributed by atoms with E-state index in [1.54, 1.807) is 23.5 Å². The van der Waals surface area contributed by atoms with Crippen LogP contribution in [0.15, 0.2) is 46.3 Å². The van der Waals surface area contributed by atoms with Crippen molar-refractivity contribution in [2.45, 2.75) is 5.38 Å². The van der Waals surface area contributed by atoms with E-state index in [2.05, 4.69) is 15.9 Å². The van der Waals surface area contributed by atoms with E-state index < -0.39 is 5.38 Å². The van der Waals surface area contributed by atoms with E-state index in [0.29, 0.717) is 10.6 Å². The maximum atomic E-state index is 14.0. The summed E-state index contributed by atoms with van der Waals surface area (Å²) >= 11 is 17.7. The molecule has 5 heteroatoms. The van der Waals surface area contributed by atoms with Crippen LogP contribution in [-0.4, -0.2) is 0 Å². The quantitative estimate of drug-likeness (QED) is 0.423. The van der Waals surface area contributed by atoms with Gasteiger partial charge in [0.15, 0.2) is 0 Å². The molecule has 20 heavy (non-hydrogen) atoms. The second-order valence-electron chi connectivity index (χ2n) is 4.31. The predicted molar refractivity (Wildman–Crippen MR) is 88.6 cm³/mol. The molecular formula is C15H8BrCl2FS. The molecule has 0 aliphatic carbocycles. The highest BCUT2D eigenvalue weighted by Gasteiger charge is 2.21. The van der Waals surface area contributed by atoms with Crippen molar-refractivity contribution >= 4 is 60.6 Å². The van der Waals surface area contributed by atoms with Gasteiger partial charge in [0.2, 0.25) is 0 Å². The van der Waals surface area contributed by atoms with Crippen molar-refractivity contribution in [1.82, 2.24) is 0 Å². The van der Waals surface area contributed by atoms with Gasteiger partial charge in [0.1, 0.15) is 5.82 Å². The second kappa shape index (κ2) is 5.64. The molecule has 2 aromatic carbocycles. The molecule has 0 nitrogen and oxygen atoms in total. The van der Waals surface area contributed by atoms with Gasteiger partial charge in [-0.25, -0.2) is 4.39 Å². The third-order valence-corrected chi connectivity index (χ3v) is 5.86. The van der Waals surface area contributed by atoms with Gasteiger partial charge in [-0.05, 0) is 50.5 Å². The highest BCUT2D eigenvalue weighted by atomic mass is 79.9. The molecule has 0 saturated heterocycles. The van der Waals surface area contributed by atoms with Crippen LogP contribution in [0.1, 0.15) is 16.5 Å². The fraction of sp³-hybridized carbons (Fsp3) is 0.0667. The zero-order valence-electron chi connectivity index (χ0n) is 10.0. The van der Waals surface area contributed by atoms with Crippen LogP contribution in [0.5, 0.6) is 0 Å². The number of thiophene rings is 1. The lowest BCUT2D eigenvalue weighted by Crippen LogP contribution is -1.97. The molecule has 0 fully saturated rings. The molecule has 0 aliphatic heterocycles. The first-order valence-corrected chi connectivity index (χ1v) is 8.32. The first kappa shape index (κ1) is 14.3. The number of rotatable bonds is 2. The summed E-state index contributed by atoms with van der Waals surface area (Å²) < 4.78 is 16.1. The molecule has 0 radical (unpaired) electrons. The first-order valence-electron chi connectivity index (χ1n) is 5.83. The van der Waals surface area contributed by atoms with E-state index in [9.17, 15) is 4.39 Å². The molecule has 1 atom stereocenters. The van der Waals surface area contributed by atoms with Gasteiger partial charge in [0.05, 0.1) is 5.38 Å². The van der Waals surface area contributed by atoms with Crippen molar-refractivity contribution in [3.8, 4) is 0 Å². The van der Waals surface area contributed by atoms with Crippen LogP contribution in [-0.2, 0) is 0 Å². The van der Waals surface area contributed by atoms with Crippen LogP contribution < -0.4 is 0 Å². The molecule has 0 saturated carbocycles. The zero-order valence-corrected chi connectivity index (χ0v) is 14.0. The van der Waals surface area contributed by atoms with E-state index in [4.69, 9.17) is 23.2 Å². The molecule has 1 heterocycles. The maximum Gasteiger partial charge on any atom is 0.129 e. The number of fused-ring (bicyclic) bond motifs is 1. The van der Waals surface area contributed by atoms with Crippen molar-refractivity contribution in [2.75, 3.05) is 0 Å². The summed E-state index contributed by atoms with van der Waals surface area (Å²) in [7, 11) is 0. The number of alkyl halides is 1. The van der Waals surface area contributed by atoms with Gasteiger partial charge in [-0.3, -0.25) is 0 Å². The van der Waals surface area contributed by atoms with Crippen molar-refractivity contribution in [3.63, 3.8) is 0 Å². The monoisotopic (exact) mass is 388 g/mol. The maximum absolute atomic E-state index is 14.0. The average molecular weight is 390 g/mol. The lowest BCUT2D eigenvalue weighted by Gasteiger charge is -2.12. The highest BCUT2D eigenvalue weighted by molar-refractivity contribution is 9.10. The van der Waals surface area contributed by atoms with Crippen molar-refractivity contribution in [2.24, 2.45) is 0 Å². The molecule has 0 spiro atoms. The summed E-state index contributed by atoms with van der Waals surface area (Å²) in [4.78, 5) is 0. The SMILES string of the molecule is Fc1cccc(Cl)c1C(Cl)c1csc2c(Br)cccc12. The van der Waals surface area contributed by atoms with Gasteiger partial charge in [-0.1, -0.05) is 29.8 Å². The molecule has 0 N–H and O–H groups in total. The third-order valence-electron chi connectivity index (χ3n) is 3.11. The lowest BCUT2D eigenvalue weighted by molar-refractivity contribution is 0.613. The van der Waals surface area contributed by atoms with Crippen LogP contribution in [0.3, 0.4) is 0 Å². The smallest absolute Gasteiger partial charge is 0.129 e. The predicted octanol–water partition coefficient (Wildman–Crippen LogP) is 6.78. The summed E-state index contributed by atoms with van der Waals surface area (Å²) in [6.45, 7) is 0. The van der Waals surface area contributed by atoms with Crippen molar-refractivity contribution in [1.29, 1.82) is 0 Å². The van der Waals surface area contributed by atoms with Crippen LogP contribution in [0.4, 0.5) is 4.39 Å². The van der Waals surface area contributed by atoms with E-state index in [-0.39, 0.29) is 5.82 Å². The number of benzene rings is 2. The minimum Gasteiger partial charge on any atom is -0.207 e. The van der Waals surface area contributed by atoms with Crippen molar-refractivity contribution in [3.05, 3.63) is 68.2 Å². The highest BCUT2D eigenvalue weighted by Crippen LogP contribution is 2.42. The van der Waals surface area contributed by atoms with Gasteiger partial charge < -0.3 is 0 Å². The minimum atomic E-state index is -0.605. The number of hydrogen-bond donors (Lipinski definition) is 0. The Balaban J connectivity index is 2.18. The Bertz CT molecular complexity index is 764. The van der Waals surface area contributed by atoms with E-state index in [0.717, 1.165) is 20.1 Å². The topological polar surface area (TPSA) is 0 Å². The van der Waals surface area contributed by atoms with Gasteiger partial charge in [0.25, 0.3) is 0 Å². The van der Waals surface area contributed by atoms with Gasteiger partial charge >= 0.3 is 0 Å². The lowest BCUT2D eigenvalue weighted by atomic mass is 10.0. The Morgan fingerprint density at radius 2 is 1.90 bits per heavy atom. The largest absolute Gasteiger partial charge is 0.207 e. The second-order valence-corrected chi connectivity index (χ2v) is 6.88. The molecule has 0 aliphatic rings. The summed E-state index contributed by atoms with van der Waals surface area (Å²) in [6, 6.07) is 10.5. The molecule has 1 unspecified atom stereocenters. The van der Waals surface area contributed by atoms with Crippen LogP contribution in [0, 0.1) is 5.82 Å². The minimum absolute atomic E-state index is 0.329. The number of hydrogen-bond acceptors (Lipinski definition) is 1. The van der Waals surface area contributed by atoms with Gasteiger partial charge in [-0.15, -0.1) is 22.9 Å². The van der Waals surface area contributed by atoms with Crippen LogP contribution in [0.2, 0.25) is 5.02 Å².